The van der Waals surface area contributed by atoms with Crippen molar-refractivity contribution in [3.8, 4) is 11.1 Å². The summed E-state index contributed by atoms with van der Waals surface area (Å²) in [4.78, 5) is 16.9. The first-order valence-corrected chi connectivity index (χ1v) is 8.80. The van der Waals surface area contributed by atoms with Crippen molar-refractivity contribution in [1.82, 2.24) is 14.8 Å². The van der Waals surface area contributed by atoms with Crippen molar-refractivity contribution in [2.75, 3.05) is 13.2 Å². The molecule has 2 aromatic heterocycles. The van der Waals surface area contributed by atoms with Crippen LogP contribution >= 0.6 is 0 Å². The van der Waals surface area contributed by atoms with Crippen LogP contribution in [0.15, 0.2) is 24.5 Å². The van der Waals surface area contributed by atoms with Crippen LogP contribution in [0.2, 0.25) is 0 Å². The summed E-state index contributed by atoms with van der Waals surface area (Å²) in [6.07, 6.45) is 11.6. The van der Waals surface area contributed by atoms with Crippen LogP contribution in [-0.4, -0.2) is 33.9 Å². The Kier molecular flexibility index (Phi) is 4.36. The topological polar surface area (TPSA) is 66.2 Å². The number of nitrogens with zero attached hydrogens (tertiary/aromatic N) is 3. The molecule has 0 spiro atoms. The zero-order chi connectivity index (χ0) is 17.2. The molecule has 2 aliphatic rings. The number of pyridine rings is 1. The zero-order valence-electron chi connectivity index (χ0n) is 14.3. The van der Waals surface area contributed by atoms with Crippen molar-refractivity contribution in [1.29, 1.82) is 0 Å². The fraction of sp³-hybridized carbons (Fsp3) is 0.421. The lowest BCUT2D eigenvalue weighted by atomic mass is 10.0. The number of allylic oxidation sites excluding steroid dienone is 1. The number of fused-ring (bicyclic) bond motifs is 1. The van der Waals surface area contributed by atoms with Gasteiger partial charge < -0.3 is 9.47 Å². The second-order valence-corrected chi connectivity index (χ2v) is 6.24. The second kappa shape index (κ2) is 6.80. The van der Waals surface area contributed by atoms with Gasteiger partial charge in [-0.15, -0.1) is 0 Å². The van der Waals surface area contributed by atoms with Gasteiger partial charge in [-0.3, -0.25) is 4.98 Å². The lowest BCUT2D eigenvalue weighted by molar-refractivity contribution is -0.0396. The lowest BCUT2D eigenvalue weighted by Gasteiger charge is -2.22. The van der Waals surface area contributed by atoms with E-state index in [9.17, 15) is 4.79 Å². The predicted octanol–water partition coefficient (Wildman–Crippen LogP) is 3.39. The van der Waals surface area contributed by atoms with Crippen LogP contribution in [0.5, 0.6) is 0 Å². The van der Waals surface area contributed by atoms with Gasteiger partial charge in [0.1, 0.15) is 6.23 Å². The molecule has 0 N–H and O–H groups in total. The Labute approximate surface area is 146 Å². The van der Waals surface area contributed by atoms with Crippen molar-refractivity contribution in [3.05, 3.63) is 41.5 Å². The zero-order valence-corrected chi connectivity index (χ0v) is 14.3. The Morgan fingerprint density at radius 2 is 2.32 bits per heavy atom. The molecule has 2 aromatic rings. The average molecular weight is 339 g/mol. The minimum absolute atomic E-state index is 0.124. The molecule has 6 nitrogen and oxygen atoms in total. The van der Waals surface area contributed by atoms with Crippen LogP contribution < -0.4 is 0 Å². The highest BCUT2D eigenvalue weighted by Crippen LogP contribution is 2.34. The highest BCUT2D eigenvalue weighted by atomic mass is 16.5. The van der Waals surface area contributed by atoms with Crippen molar-refractivity contribution in [3.63, 3.8) is 0 Å². The second-order valence-electron chi connectivity index (χ2n) is 6.24. The first-order chi connectivity index (χ1) is 12.3. The number of hydrogen-bond acceptors (Lipinski definition) is 5. The Morgan fingerprint density at radius 3 is 3.12 bits per heavy atom. The molecule has 25 heavy (non-hydrogen) atoms. The number of carbonyl (C=O) groups is 1. The Morgan fingerprint density at radius 1 is 1.40 bits per heavy atom. The van der Waals surface area contributed by atoms with E-state index in [2.05, 4.69) is 22.2 Å². The SMILES string of the molecule is CCOC(=O)c1nn(C2CCCCO2)cc1-c1ccnc2c1C=CC2. The first kappa shape index (κ1) is 16.0. The third kappa shape index (κ3) is 2.98. The summed E-state index contributed by atoms with van der Waals surface area (Å²) in [5.41, 5.74) is 4.15. The van der Waals surface area contributed by atoms with Crippen LogP contribution in [-0.2, 0) is 15.9 Å². The van der Waals surface area contributed by atoms with Crippen LogP contribution in [0.1, 0.15) is 54.2 Å². The van der Waals surface area contributed by atoms with E-state index in [0.29, 0.717) is 12.3 Å². The average Bonchev–Trinajstić information content (AvgIpc) is 3.29. The van der Waals surface area contributed by atoms with E-state index in [-0.39, 0.29) is 6.23 Å². The molecule has 3 heterocycles. The summed E-state index contributed by atoms with van der Waals surface area (Å²) in [5.74, 6) is -0.403. The molecule has 1 aliphatic carbocycles. The molecule has 0 aromatic carbocycles. The molecule has 1 fully saturated rings. The molecule has 0 radical (unpaired) electrons. The van der Waals surface area contributed by atoms with E-state index in [1.807, 2.05) is 12.3 Å². The van der Waals surface area contributed by atoms with Gasteiger partial charge in [0.2, 0.25) is 0 Å². The summed E-state index contributed by atoms with van der Waals surface area (Å²) in [5, 5.41) is 4.53. The van der Waals surface area contributed by atoms with E-state index in [1.165, 1.54) is 0 Å². The quantitative estimate of drug-likeness (QED) is 0.799. The molecule has 0 saturated carbocycles. The number of hydrogen-bond donors (Lipinski definition) is 0. The van der Waals surface area contributed by atoms with E-state index in [4.69, 9.17) is 9.47 Å². The maximum Gasteiger partial charge on any atom is 0.359 e. The largest absolute Gasteiger partial charge is 0.461 e. The molecule has 6 heteroatoms. The number of rotatable bonds is 4. The van der Waals surface area contributed by atoms with Gasteiger partial charge in [-0.25, -0.2) is 9.48 Å². The van der Waals surface area contributed by atoms with Crippen molar-refractivity contribution in [2.45, 2.75) is 38.8 Å². The standard InChI is InChI=1S/C19H21N3O3/c1-2-24-19(23)18-15(12-22(21-18)17-8-3-4-11-25-17)13-9-10-20-16-7-5-6-14(13)16/h5-6,9-10,12,17H,2-4,7-8,11H2,1H3. The highest BCUT2D eigenvalue weighted by molar-refractivity contribution is 5.96. The van der Waals surface area contributed by atoms with Gasteiger partial charge in [0.25, 0.3) is 0 Å². The van der Waals surface area contributed by atoms with E-state index in [0.717, 1.165) is 54.7 Å². The number of ether oxygens (including phenoxy) is 2. The summed E-state index contributed by atoms with van der Waals surface area (Å²) in [7, 11) is 0. The van der Waals surface area contributed by atoms with E-state index >= 15 is 0 Å². The van der Waals surface area contributed by atoms with Crippen molar-refractivity contribution < 1.29 is 14.3 Å². The van der Waals surface area contributed by atoms with Gasteiger partial charge in [0.15, 0.2) is 5.69 Å². The van der Waals surface area contributed by atoms with E-state index in [1.54, 1.807) is 17.8 Å². The lowest BCUT2D eigenvalue weighted by Crippen LogP contribution is -2.19. The van der Waals surface area contributed by atoms with E-state index < -0.39 is 5.97 Å². The summed E-state index contributed by atoms with van der Waals surface area (Å²) in [6.45, 7) is 2.84. The molecule has 1 unspecified atom stereocenters. The van der Waals surface area contributed by atoms with Crippen molar-refractivity contribution >= 4 is 12.0 Å². The normalized spacial score (nSPS) is 19.0. The highest BCUT2D eigenvalue weighted by Gasteiger charge is 2.26. The molecule has 0 amide bonds. The van der Waals surface area contributed by atoms with Crippen molar-refractivity contribution in [2.24, 2.45) is 0 Å². The Hall–Kier alpha value is -2.47. The molecular formula is C19H21N3O3. The van der Waals surface area contributed by atoms with Gasteiger partial charge in [-0.2, -0.15) is 5.10 Å². The predicted molar refractivity (Wildman–Crippen MR) is 93.0 cm³/mol. The van der Waals surface area contributed by atoms with Gasteiger partial charge in [0, 0.05) is 36.5 Å². The third-order valence-corrected chi connectivity index (χ3v) is 4.61. The number of esters is 1. The summed E-state index contributed by atoms with van der Waals surface area (Å²) < 4.78 is 12.8. The fourth-order valence-electron chi connectivity index (χ4n) is 3.41. The van der Waals surface area contributed by atoms with Crippen LogP contribution in [0.4, 0.5) is 0 Å². The molecule has 1 aliphatic heterocycles. The Bertz CT molecular complexity index is 819. The van der Waals surface area contributed by atoms with Crippen LogP contribution in [0, 0.1) is 0 Å². The first-order valence-electron chi connectivity index (χ1n) is 8.80. The molecular weight excluding hydrogens is 318 g/mol. The van der Waals surface area contributed by atoms with Gasteiger partial charge in [-0.05, 0) is 37.8 Å². The maximum absolute atomic E-state index is 12.5. The van der Waals surface area contributed by atoms with Gasteiger partial charge in [-0.1, -0.05) is 12.2 Å². The minimum Gasteiger partial charge on any atom is -0.461 e. The molecule has 4 rings (SSSR count). The minimum atomic E-state index is -0.403. The monoisotopic (exact) mass is 339 g/mol. The number of carbonyl (C=O) groups excluding carboxylic acids is 1. The van der Waals surface area contributed by atoms with Gasteiger partial charge in [0.05, 0.1) is 12.3 Å². The summed E-state index contributed by atoms with van der Waals surface area (Å²) >= 11 is 0. The van der Waals surface area contributed by atoms with Crippen LogP contribution in [0.3, 0.4) is 0 Å². The van der Waals surface area contributed by atoms with Gasteiger partial charge >= 0.3 is 5.97 Å². The molecule has 1 saturated heterocycles. The maximum atomic E-state index is 12.5. The molecule has 130 valence electrons. The Balaban J connectivity index is 1.80. The fourth-order valence-corrected chi connectivity index (χ4v) is 3.41. The molecule has 0 bridgehead atoms. The third-order valence-electron chi connectivity index (χ3n) is 4.61. The summed E-state index contributed by atoms with van der Waals surface area (Å²) in [6, 6.07) is 1.93. The smallest absolute Gasteiger partial charge is 0.359 e. The number of aromatic nitrogens is 3. The molecule has 1 atom stereocenters. The van der Waals surface area contributed by atoms with Crippen LogP contribution in [0.25, 0.3) is 17.2 Å².